The number of nitriles is 1. The maximum absolute atomic E-state index is 9.10. The Morgan fingerprint density at radius 3 is 2.93 bits per heavy atom. The van der Waals surface area contributed by atoms with E-state index in [9.17, 15) is 0 Å². The lowest BCUT2D eigenvalue weighted by atomic mass is 9.87. The average molecular weight is 203 g/mol. The molecule has 1 aromatic rings. The highest BCUT2D eigenvalue weighted by molar-refractivity contribution is 5.25. The van der Waals surface area contributed by atoms with Gasteiger partial charge in [0, 0.05) is 11.9 Å². The number of nitrogens with zero attached hydrogens (tertiary/aromatic N) is 3. The van der Waals surface area contributed by atoms with E-state index in [-0.39, 0.29) is 0 Å². The van der Waals surface area contributed by atoms with E-state index in [1.807, 2.05) is 6.07 Å². The fraction of sp³-hybridized carbons (Fsp3) is 0.545. The van der Waals surface area contributed by atoms with Gasteiger partial charge in [0.25, 0.3) is 0 Å². The Kier molecular flexibility index (Phi) is 2.65. The number of aromatic nitrogens is 2. The number of ether oxygens (including phenoxy) is 1. The molecule has 0 aromatic carbocycles. The van der Waals surface area contributed by atoms with Gasteiger partial charge < -0.3 is 4.74 Å². The first-order valence-corrected chi connectivity index (χ1v) is 5.12. The highest BCUT2D eigenvalue weighted by Crippen LogP contribution is 2.28. The number of rotatable bonds is 3. The zero-order valence-electron chi connectivity index (χ0n) is 8.73. The molecule has 78 valence electrons. The summed E-state index contributed by atoms with van der Waals surface area (Å²) in [5.74, 6) is 0.613. The van der Waals surface area contributed by atoms with Gasteiger partial charge in [-0.25, -0.2) is 9.97 Å². The Bertz CT molecular complexity index is 393. The van der Waals surface area contributed by atoms with Crippen LogP contribution in [-0.4, -0.2) is 23.2 Å². The molecular formula is C11H13N3O. The van der Waals surface area contributed by atoms with Gasteiger partial charge in [-0.2, -0.15) is 5.26 Å². The fourth-order valence-corrected chi connectivity index (χ4v) is 1.57. The van der Waals surface area contributed by atoms with Crippen molar-refractivity contribution in [2.24, 2.45) is 0 Å². The molecule has 1 aromatic heterocycles. The predicted molar refractivity (Wildman–Crippen MR) is 54.1 cm³/mol. The lowest BCUT2D eigenvalue weighted by Gasteiger charge is -2.33. The molecule has 0 spiro atoms. The van der Waals surface area contributed by atoms with Crippen LogP contribution in [0, 0.1) is 11.3 Å². The minimum absolute atomic E-state index is 0.416. The smallest absolute Gasteiger partial charge is 0.163 e. The van der Waals surface area contributed by atoms with Crippen LogP contribution in [0.3, 0.4) is 0 Å². The monoisotopic (exact) mass is 203 g/mol. The average Bonchev–Trinajstić information content (AvgIpc) is 2.18. The van der Waals surface area contributed by atoms with Crippen molar-refractivity contribution < 1.29 is 4.74 Å². The van der Waals surface area contributed by atoms with Crippen molar-refractivity contribution in [1.82, 2.24) is 9.97 Å². The Labute approximate surface area is 88.9 Å². The summed E-state index contributed by atoms with van der Waals surface area (Å²) in [4.78, 5) is 8.59. The Balaban J connectivity index is 2.28. The van der Waals surface area contributed by atoms with Gasteiger partial charge in [-0.05, 0) is 12.5 Å². The van der Waals surface area contributed by atoms with Gasteiger partial charge in [0.2, 0.25) is 0 Å². The summed E-state index contributed by atoms with van der Waals surface area (Å²) >= 11 is 0. The van der Waals surface area contributed by atoms with E-state index in [2.05, 4.69) is 23.0 Å². The largest absolute Gasteiger partial charge is 0.377 e. The summed E-state index contributed by atoms with van der Waals surface area (Å²) in [5, 5.41) is 9.10. The van der Waals surface area contributed by atoms with Crippen molar-refractivity contribution in [2.45, 2.75) is 25.2 Å². The van der Waals surface area contributed by atoms with E-state index >= 15 is 0 Å². The Hall–Kier alpha value is -1.47. The molecule has 0 aliphatic carbocycles. The third-order valence-electron chi connectivity index (χ3n) is 2.56. The van der Waals surface area contributed by atoms with Crippen molar-refractivity contribution >= 4 is 0 Å². The zero-order chi connectivity index (χ0) is 10.7. The van der Waals surface area contributed by atoms with Crippen molar-refractivity contribution in [3.05, 3.63) is 23.8 Å². The van der Waals surface area contributed by atoms with Crippen LogP contribution >= 0.6 is 0 Å². The van der Waals surface area contributed by atoms with Gasteiger partial charge >= 0.3 is 0 Å². The standard InChI is InChI=1S/C11H13N3O/c1-2-3-9-4-5-13-10(14-9)11(6-12)7-15-8-11/h4-5H,2-3,7-8H2,1H3. The fourth-order valence-electron chi connectivity index (χ4n) is 1.57. The van der Waals surface area contributed by atoms with Crippen molar-refractivity contribution in [3.63, 3.8) is 0 Å². The molecule has 1 fully saturated rings. The van der Waals surface area contributed by atoms with Crippen LogP contribution < -0.4 is 0 Å². The first-order valence-electron chi connectivity index (χ1n) is 5.12. The minimum atomic E-state index is -0.594. The summed E-state index contributed by atoms with van der Waals surface area (Å²) in [6.45, 7) is 2.94. The molecule has 2 heterocycles. The van der Waals surface area contributed by atoms with Gasteiger partial charge in [0.05, 0.1) is 19.3 Å². The lowest BCUT2D eigenvalue weighted by molar-refractivity contribution is -0.0340. The van der Waals surface area contributed by atoms with Gasteiger partial charge in [-0.1, -0.05) is 13.3 Å². The molecule has 4 nitrogen and oxygen atoms in total. The van der Waals surface area contributed by atoms with E-state index in [0.717, 1.165) is 18.5 Å². The molecule has 0 unspecified atom stereocenters. The van der Waals surface area contributed by atoms with Crippen LogP contribution in [0.4, 0.5) is 0 Å². The first-order chi connectivity index (χ1) is 7.30. The third kappa shape index (κ3) is 1.71. The molecule has 0 amide bonds. The topological polar surface area (TPSA) is 58.8 Å². The van der Waals surface area contributed by atoms with Gasteiger partial charge in [-0.3, -0.25) is 0 Å². The van der Waals surface area contributed by atoms with E-state index in [1.54, 1.807) is 6.20 Å². The van der Waals surface area contributed by atoms with Crippen LogP contribution in [0.2, 0.25) is 0 Å². The molecule has 0 atom stereocenters. The van der Waals surface area contributed by atoms with Crippen LogP contribution in [0.25, 0.3) is 0 Å². The molecule has 1 saturated heterocycles. The zero-order valence-corrected chi connectivity index (χ0v) is 8.73. The minimum Gasteiger partial charge on any atom is -0.377 e. The molecule has 1 aliphatic heterocycles. The maximum Gasteiger partial charge on any atom is 0.163 e. The van der Waals surface area contributed by atoms with Crippen LogP contribution in [0.15, 0.2) is 12.3 Å². The van der Waals surface area contributed by atoms with E-state index in [0.29, 0.717) is 19.0 Å². The summed E-state index contributed by atoms with van der Waals surface area (Å²) < 4.78 is 5.08. The highest BCUT2D eigenvalue weighted by atomic mass is 16.5. The summed E-state index contributed by atoms with van der Waals surface area (Å²) in [5.41, 5.74) is 0.410. The van der Waals surface area contributed by atoms with E-state index in [1.165, 1.54) is 0 Å². The van der Waals surface area contributed by atoms with Crippen LogP contribution in [0.5, 0.6) is 0 Å². The van der Waals surface area contributed by atoms with Gasteiger partial charge in [0.15, 0.2) is 11.2 Å². The molecule has 0 N–H and O–H groups in total. The van der Waals surface area contributed by atoms with Crippen LogP contribution in [0.1, 0.15) is 24.9 Å². The normalized spacial score (nSPS) is 17.9. The highest BCUT2D eigenvalue weighted by Gasteiger charge is 2.43. The second-order valence-corrected chi connectivity index (χ2v) is 3.81. The molecule has 0 saturated carbocycles. The predicted octanol–water partition coefficient (Wildman–Crippen LogP) is 1.22. The van der Waals surface area contributed by atoms with Crippen molar-refractivity contribution in [2.75, 3.05) is 13.2 Å². The first kappa shape index (κ1) is 10.1. The molecule has 1 aliphatic rings. The van der Waals surface area contributed by atoms with Gasteiger partial charge in [-0.15, -0.1) is 0 Å². The molecule has 4 heteroatoms. The Morgan fingerprint density at radius 1 is 1.60 bits per heavy atom. The Morgan fingerprint density at radius 2 is 2.40 bits per heavy atom. The molecule has 15 heavy (non-hydrogen) atoms. The van der Waals surface area contributed by atoms with E-state index in [4.69, 9.17) is 10.00 Å². The lowest BCUT2D eigenvalue weighted by Crippen LogP contribution is -2.46. The second kappa shape index (κ2) is 3.95. The summed E-state index contributed by atoms with van der Waals surface area (Å²) in [7, 11) is 0. The molecule has 2 rings (SSSR count). The number of hydrogen-bond donors (Lipinski definition) is 0. The van der Waals surface area contributed by atoms with Gasteiger partial charge in [0.1, 0.15) is 0 Å². The number of aryl methyl sites for hydroxylation is 1. The summed E-state index contributed by atoms with van der Waals surface area (Å²) in [6, 6.07) is 4.15. The quantitative estimate of drug-likeness (QED) is 0.741. The van der Waals surface area contributed by atoms with Crippen LogP contribution in [-0.2, 0) is 16.6 Å². The molecule has 0 bridgehead atoms. The maximum atomic E-state index is 9.10. The van der Waals surface area contributed by atoms with Crippen molar-refractivity contribution in [1.29, 1.82) is 5.26 Å². The SMILES string of the molecule is CCCc1ccnc(C2(C#N)COC2)n1. The molecular weight excluding hydrogens is 190 g/mol. The second-order valence-electron chi connectivity index (χ2n) is 3.81. The number of hydrogen-bond acceptors (Lipinski definition) is 4. The third-order valence-corrected chi connectivity index (χ3v) is 2.56. The van der Waals surface area contributed by atoms with E-state index < -0.39 is 5.41 Å². The summed E-state index contributed by atoms with van der Waals surface area (Å²) in [6.07, 6.45) is 3.70. The van der Waals surface area contributed by atoms with Crippen molar-refractivity contribution in [3.8, 4) is 6.07 Å². The molecule has 0 radical (unpaired) electrons.